The molecule has 0 aromatic carbocycles. The number of allylic oxidation sites excluding steroid dienone is 2. The highest BCUT2D eigenvalue weighted by molar-refractivity contribution is 5.91. The summed E-state index contributed by atoms with van der Waals surface area (Å²) in [5, 5.41) is 0. The molecule has 0 aliphatic carbocycles. The highest BCUT2D eigenvalue weighted by Crippen LogP contribution is 1.95. The molecule has 2 N–H and O–H groups in total. The first-order valence-electron chi connectivity index (χ1n) is 3.01. The smallest absolute Gasteiger partial charge is 0.159 e. The van der Waals surface area contributed by atoms with E-state index in [4.69, 9.17) is 5.73 Å². The van der Waals surface area contributed by atoms with Gasteiger partial charge in [-0.3, -0.25) is 4.79 Å². The van der Waals surface area contributed by atoms with Crippen LogP contribution in [-0.4, -0.2) is 5.78 Å². The topological polar surface area (TPSA) is 43.1 Å². The molecular weight excluding hydrogens is 114 g/mol. The quantitative estimate of drug-likeness (QED) is 0.564. The Kier molecular flexibility index (Phi) is 2.99. The largest absolute Gasteiger partial charge is 0.402 e. The molecule has 0 aliphatic rings. The maximum absolute atomic E-state index is 10.8. The summed E-state index contributed by atoms with van der Waals surface area (Å²) >= 11 is 0. The van der Waals surface area contributed by atoms with Gasteiger partial charge in [-0.2, -0.15) is 0 Å². The lowest BCUT2D eigenvalue weighted by atomic mass is 10.1. The Balaban J connectivity index is 3.93. The average Bonchev–Trinajstić information content (AvgIpc) is 1.63. The predicted octanol–water partition coefficient (Wildman–Crippen LogP) is 1.07. The molecule has 0 spiro atoms. The van der Waals surface area contributed by atoms with Gasteiger partial charge in [0.05, 0.1) is 0 Å². The standard InChI is InChI=1S/C7H13NO/c1-5(2)7(9)4-6(3)8/h4-5H,8H2,1-3H3/b6-4-. The summed E-state index contributed by atoms with van der Waals surface area (Å²) in [5.41, 5.74) is 5.85. The van der Waals surface area contributed by atoms with Crippen LogP contribution in [0.3, 0.4) is 0 Å². The fourth-order valence-corrected chi connectivity index (χ4v) is 0.391. The van der Waals surface area contributed by atoms with Gasteiger partial charge in [0.25, 0.3) is 0 Å². The minimum Gasteiger partial charge on any atom is -0.402 e. The lowest BCUT2D eigenvalue weighted by molar-refractivity contribution is -0.117. The maximum atomic E-state index is 10.8. The van der Waals surface area contributed by atoms with Crippen molar-refractivity contribution in [3.63, 3.8) is 0 Å². The van der Waals surface area contributed by atoms with Crippen molar-refractivity contribution in [1.82, 2.24) is 0 Å². The zero-order chi connectivity index (χ0) is 7.44. The van der Waals surface area contributed by atoms with E-state index in [1.165, 1.54) is 6.08 Å². The summed E-state index contributed by atoms with van der Waals surface area (Å²) in [5.74, 6) is 0.151. The molecule has 2 heteroatoms. The molecule has 0 radical (unpaired) electrons. The lowest BCUT2D eigenvalue weighted by Gasteiger charge is -1.96. The molecule has 0 aromatic rings. The molecule has 0 rings (SSSR count). The fourth-order valence-electron chi connectivity index (χ4n) is 0.391. The number of carbonyl (C=O) groups excluding carboxylic acids is 1. The summed E-state index contributed by atoms with van der Waals surface area (Å²) in [7, 11) is 0. The van der Waals surface area contributed by atoms with E-state index in [-0.39, 0.29) is 11.7 Å². The van der Waals surface area contributed by atoms with Crippen LogP contribution in [0, 0.1) is 5.92 Å². The van der Waals surface area contributed by atoms with Crippen molar-refractivity contribution in [2.45, 2.75) is 20.8 Å². The first-order valence-corrected chi connectivity index (χ1v) is 3.01. The Morgan fingerprint density at radius 3 is 2.11 bits per heavy atom. The van der Waals surface area contributed by atoms with Crippen molar-refractivity contribution in [3.8, 4) is 0 Å². The Labute approximate surface area is 55.7 Å². The summed E-state index contributed by atoms with van der Waals surface area (Å²) in [6.45, 7) is 5.41. The van der Waals surface area contributed by atoms with Crippen LogP contribution in [0.1, 0.15) is 20.8 Å². The zero-order valence-corrected chi connectivity index (χ0v) is 6.14. The van der Waals surface area contributed by atoms with Crippen molar-refractivity contribution in [3.05, 3.63) is 11.8 Å². The molecule has 0 saturated heterocycles. The molecular formula is C7H13NO. The van der Waals surface area contributed by atoms with E-state index in [0.717, 1.165) is 0 Å². The fraction of sp³-hybridized carbons (Fsp3) is 0.571. The molecule has 0 aliphatic heterocycles. The van der Waals surface area contributed by atoms with Crippen LogP contribution in [0.2, 0.25) is 0 Å². The normalized spacial score (nSPS) is 12.2. The van der Waals surface area contributed by atoms with Crippen LogP contribution in [0.4, 0.5) is 0 Å². The predicted molar refractivity (Wildman–Crippen MR) is 37.8 cm³/mol. The summed E-state index contributed by atoms with van der Waals surface area (Å²) in [4.78, 5) is 10.8. The Bertz CT molecular complexity index is 132. The first-order chi connectivity index (χ1) is 4.04. The van der Waals surface area contributed by atoms with Crippen LogP contribution in [0.5, 0.6) is 0 Å². The highest BCUT2D eigenvalue weighted by atomic mass is 16.1. The summed E-state index contributed by atoms with van der Waals surface area (Å²) in [6, 6.07) is 0. The van der Waals surface area contributed by atoms with Gasteiger partial charge in [-0.25, -0.2) is 0 Å². The van der Waals surface area contributed by atoms with E-state index < -0.39 is 0 Å². The number of nitrogens with two attached hydrogens (primary N) is 1. The molecule has 52 valence electrons. The second-order valence-electron chi connectivity index (χ2n) is 2.45. The number of carbonyl (C=O) groups is 1. The molecule has 0 heterocycles. The van der Waals surface area contributed by atoms with Gasteiger partial charge in [-0.1, -0.05) is 13.8 Å². The number of ketones is 1. The Hall–Kier alpha value is -0.790. The van der Waals surface area contributed by atoms with Crippen LogP contribution >= 0.6 is 0 Å². The molecule has 0 bridgehead atoms. The van der Waals surface area contributed by atoms with Crippen molar-refractivity contribution >= 4 is 5.78 Å². The van der Waals surface area contributed by atoms with Crippen LogP contribution in [-0.2, 0) is 4.79 Å². The third-order valence-corrected chi connectivity index (χ3v) is 0.939. The summed E-state index contributed by atoms with van der Waals surface area (Å²) in [6.07, 6.45) is 1.46. The van der Waals surface area contributed by atoms with Gasteiger partial charge in [-0.15, -0.1) is 0 Å². The van der Waals surface area contributed by atoms with E-state index in [1.54, 1.807) is 6.92 Å². The molecule has 0 aromatic heterocycles. The van der Waals surface area contributed by atoms with Gasteiger partial charge < -0.3 is 5.73 Å². The minimum absolute atomic E-state index is 0.0588. The molecule has 0 amide bonds. The van der Waals surface area contributed by atoms with Gasteiger partial charge in [0.1, 0.15) is 0 Å². The van der Waals surface area contributed by atoms with E-state index >= 15 is 0 Å². The van der Waals surface area contributed by atoms with Crippen molar-refractivity contribution in [1.29, 1.82) is 0 Å². The monoisotopic (exact) mass is 127 g/mol. The van der Waals surface area contributed by atoms with E-state index in [2.05, 4.69) is 0 Å². The van der Waals surface area contributed by atoms with E-state index in [9.17, 15) is 4.79 Å². The SMILES string of the molecule is C/C(N)=C/C(=O)C(C)C. The minimum atomic E-state index is 0.0588. The molecule has 0 saturated carbocycles. The van der Waals surface area contributed by atoms with E-state index in [0.29, 0.717) is 5.70 Å². The number of hydrogen-bond donors (Lipinski definition) is 1. The molecule has 0 fully saturated rings. The van der Waals surface area contributed by atoms with Gasteiger partial charge in [0.2, 0.25) is 0 Å². The average molecular weight is 127 g/mol. The second-order valence-corrected chi connectivity index (χ2v) is 2.45. The Morgan fingerprint density at radius 2 is 2.00 bits per heavy atom. The Morgan fingerprint density at radius 1 is 1.56 bits per heavy atom. The number of hydrogen-bond acceptors (Lipinski definition) is 2. The molecule has 0 unspecified atom stereocenters. The van der Waals surface area contributed by atoms with Crippen LogP contribution in [0.15, 0.2) is 11.8 Å². The van der Waals surface area contributed by atoms with Gasteiger partial charge >= 0.3 is 0 Å². The van der Waals surface area contributed by atoms with Gasteiger partial charge in [0, 0.05) is 11.6 Å². The van der Waals surface area contributed by atoms with Crippen molar-refractivity contribution < 1.29 is 4.79 Å². The second kappa shape index (κ2) is 3.28. The zero-order valence-electron chi connectivity index (χ0n) is 6.14. The number of rotatable bonds is 2. The highest BCUT2D eigenvalue weighted by Gasteiger charge is 2.01. The third kappa shape index (κ3) is 3.76. The maximum Gasteiger partial charge on any atom is 0.159 e. The lowest BCUT2D eigenvalue weighted by Crippen LogP contribution is -2.05. The van der Waals surface area contributed by atoms with Gasteiger partial charge in [-0.05, 0) is 13.0 Å². The first kappa shape index (κ1) is 8.21. The third-order valence-electron chi connectivity index (χ3n) is 0.939. The van der Waals surface area contributed by atoms with E-state index in [1.807, 2.05) is 13.8 Å². The molecule has 2 nitrogen and oxygen atoms in total. The van der Waals surface area contributed by atoms with Gasteiger partial charge in [0.15, 0.2) is 5.78 Å². The van der Waals surface area contributed by atoms with Crippen molar-refractivity contribution in [2.24, 2.45) is 11.7 Å². The van der Waals surface area contributed by atoms with Crippen molar-refractivity contribution in [2.75, 3.05) is 0 Å². The summed E-state index contributed by atoms with van der Waals surface area (Å²) < 4.78 is 0. The van der Waals surface area contributed by atoms with Crippen LogP contribution in [0.25, 0.3) is 0 Å². The van der Waals surface area contributed by atoms with Crippen LogP contribution < -0.4 is 5.73 Å². The molecule has 9 heavy (non-hydrogen) atoms. The molecule has 0 atom stereocenters.